The van der Waals surface area contributed by atoms with E-state index in [4.69, 9.17) is 23.2 Å². The van der Waals surface area contributed by atoms with Crippen LogP contribution in [0.1, 0.15) is 24.1 Å². The fourth-order valence-corrected chi connectivity index (χ4v) is 2.85. The van der Waals surface area contributed by atoms with Gasteiger partial charge in [0.05, 0.1) is 11.1 Å². The summed E-state index contributed by atoms with van der Waals surface area (Å²) in [6.45, 7) is 2.57. The first-order chi connectivity index (χ1) is 9.93. The smallest absolute Gasteiger partial charge is 0.160 e. The standard InChI is InChI=1S/C15H12Cl2F2IN/c1-2-21-15(8-3-4-14(20)11(17)5-8)9-6-12(18)13(19)7-10(9)16/h3-7,15,21H,2H2,1H3. The molecule has 0 spiro atoms. The highest BCUT2D eigenvalue weighted by Crippen LogP contribution is 2.32. The minimum Gasteiger partial charge on any atom is -0.306 e. The maximum atomic E-state index is 13.5. The lowest BCUT2D eigenvalue weighted by atomic mass is 9.98. The highest BCUT2D eigenvalue weighted by molar-refractivity contribution is 14.1. The van der Waals surface area contributed by atoms with Gasteiger partial charge in [0.2, 0.25) is 0 Å². The molecule has 0 aliphatic rings. The second-order valence-corrected chi connectivity index (χ2v) is 6.43. The van der Waals surface area contributed by atoms with Crippen molar-refractivity contribution in [3.05, 3.63) is 66.7 Å². The molecule has 0 aliphatic heterocycles. The third kappa shape index (κ3) is 3.86. The van der Waals surface area contributed by atoms with Crippen molar-refractivity contribution >= 4 is 45.8 Å². The zero-order valence-electron chi connectivity index (χ0n) is 11.1. The van der Waals surface area contributed by atoms with Gasteiger partial charge < -0.3 is 5.32 Å². The summed E-state index contributed by atoms with van der Waals surface area (Å²) in [6, 6.07) is 7.32. The fraction of sp³-hybridized carbons (Fsp3) is 0.200. The summed E-state index contributed by atoms with van der Waals surface area (Å²) in [6.07, 6.45) is 0. The normalized spacial score (nSPS) is 12.5. The summed E-state index contributed by atoms with van der Waals surface area (Å²) in [5, 5.41) is 4.00. The summed E-state index contributed by atoms with van der Waals surface area (Å²) in [5.74, 6) is -1.88. The van der Waals surface area contributed by atoms with Gasteiger partial charge in [-0.15, -0.1) is 0 Å². The monoisotopic (exact) mass is 441 g/mol. The van der Waals surface area contributed by atoms with Gasteiger partial charge in [-0.3, -0.25) is 0 Å². The van der Waals surface area contributed by atoms with E-state index >= 15 is 0 Å². The van der Waals surface area contributed by atoms with Crippen LogP contribution in [0.15, 0.2) is 30.3 Å². The largest absolute Gasteiger partial charge is 0.306 e. The molecule has 21 heavy (non-hydrogen) atoms. The van der Waals surface area contributed by atoms with Crippen molar-refractivity contribution in [1.82, 2.24) is 5.32 Å². The van der Waals surface area contributed by atoms with Crippen LogP contribution in [0.3, 0.4) is 0 Å². The van der Waals surface area contributed by atoms with Gasteiger partial charge >= 0.3 is 0 Å². The summed E-state index contributed by atoms with van der Waals surface area (Å²) in [7, 11) is 0. The first-order valence-corrected chi connectivity index (χ1v) is 8.10. The number of halogens is 5. The highest BCUT2D eigenvalue weighted by atomic mass is 127. The van der Waals surface area contributed by atoms with E-state index < -0.39 is 11.6 Å². The van der Waals surface area contributed by atoms with Crippen LogP contribution in [-0.2, 0) is 0 Å². The molecule has 2 rings (SSSR count). The number of hydrogen-bond acceptors (Lipinski definition) is 1. The Morgan fingerprint density at radius 2 is 1.76 bits per heavy atom. The predicted molar refractivity (Wildman–Crippen MR) is 91.1 cm³/mol. The predicted octanol–water partition coefficient (Wildman–Crippen LogP) is 5.58. The molecule has 0 fully saturated rings. The molecule has 1 atom stereocenters. The topological polar surface area (TPSA) is 12.0 Å². The van der Waals surface area contributed by atoms with E-state index in [1.807, 2.05) is 19.1 Å². The van der Waals surface area contributed by atoms with Gasteiger partial charge in [0.1, 0.15) is 0 Å². The molecule has 6 heteroatoms. The Morgan fingerprint density at radius 3 is 2.38 bits per heavy atom. The molecule has 0 amide bonds. The van der Waals surface area contributed by atoms with Gasteiger partial charge in [0.25, 0.3) is 0 Å². The minimum atomic E-state index is -0.959. The Kier molecular flexibility index (Phi) is 5.82. The Morgan fingerprint density at radius 1 is 1.10 bits per heavy atom. The number of hydrogen-bond donors (Lipinski definition) is 1. The van der Waals surface area contributed by atoms with Crippen molar-refractivity contribution in [2.45, 2.75) is 13.0 Å². The van der Waals surface area contributed by atoms with E-state index in [0.29, 0.717) is 17.1 Å². The molecule has 0 heterocycles. The fourth-order valence-electron chi connectivity index (χ4n) is 2.06. The first kappa shape index (κ1) is 16.9. The minimum absolute atomic E-state index is 0.175. The van der Waals surface area contributed by atoms with Gasteiger partial charge in [-0.2, -0.15) is 0 Å². The van der Waals surface area contributed by atoms with Gasteiger partial charge in [-0.25, -0.2) is 8.78 Å². The molecule has 1 unspecified atom stereocenters. The van der Waals surface area contributed by atoms with Crippen molar-refractivity contribution in [1.29, 1.82) is 0 Å². The van der Waals surface area contributed by atoms with Gasteiger partial charge in [0, 0.05) is 8.59 Å². The van der Waals surface area contributed by atoms with E-state index in [9.17, 15) is 8.78 Å². The molecular formula is C15H12Cl2F2IN. The van der Waals surface area contributed by atoms with Gasteiger partial charge in [-0.05, 0) is 64.5 Å². The molecule has 1 N–H and O–H groups in total. The number of benzene rings is 2. The molecule has 0 bridgehead atoms. The van der Waals surface area contributed by atoms with E-state index in [2.05, 4.69) is 27.9 Å². The van der Waals surface area contributed by atoms with Crippen molar-refractivity contribution < 1.29 is 8.78 Å². The van der Waals surface area contributed by atoms with Crippen LogP contribution in [0.5, 0.6) is 0 Å². The van der Waals surface area contributed by atoms with Crippen LogP contribution in [-0.4, -0.2) is 6.54 Å². The average molecular weight is 442 g/mol. The lowest BCUT2D eigenvalue weighted by Gasteiger charge is -2.21. The van der Waals surface area contributed by atoms with Crippen LogP contribution in [0.25, 0.3) is 0 Å². The lowest BCUT2D eigenvalue weighted by molar-refractivity contribution is 0.504. The summed E-state index contributed by atoms with van der Waals surface area (Å²) in [4.78, 5) is 0. The quantitative estimate of drug-likeness (QED) is 0.482. The average Bonchev–Trinajstić information content (AvgIpc) is 2.44. The molecule has 0 radical (unpaired) electrons. The van der Waals surface area contributed by atoms with E-state index in [-0.39, 0.29) is 11.1 Å². The molecule has 0 saturated carbocycles. The second kappa shape index (κ2) is 7.22. The van der Waals surface area contributed by atoms with E-state index in [0.717, 1.165) is 21.3 Å². The van der Waals surface area contributed by atoms with Crippen molar-refractivity contribution in [3.63, 3.8) is 0 Å². The summed E-state index contributed by atoms with van der Waals surface area (Å²) in [5.41, 5.74) is 1.32. The molecule has 0 aromatic heterocycles. The molecule has 0 aliphatic carbocycles. The second-order valence-electron chi connectivity index (χ2n) is 4.45. The third-order valence-corrected chi connectivity index (χ3v) is 4.94. The van der Waals surface area contributed by atoms with Crippen LogP contribution >= 0.6 is 45.8 Å². The Balaban J connectivity index is 2.52. The zero-order valence-corrected chi connectivity index (χ0v) is 14.7. The van der Waals surface area contributed by atoms with Crippen molar-refractivity contribution in [2.75, 3.05) is 6.54 Å². The Hall–Kier alpha value is -0.430. The van der Waals surface area contributed by atoms with Gasteiger partial charge in [0.15, 0.2) is 11.6 Å². The Labute approximate surface area is 145 Å². The third-order valence-electron chi connectivity index (χ3n) is 3.04. The molecule has 1 nitrogen and oxygen atoms in total. The maximum absolute atomic E-state index is 13.5. The first-order valence-electron chi connectivity index (χ1n) is 6.26. The maximum Gasteiger partial charge on any atom is 0.160 e. The van der Waals surface area contributed by atoms with E-state index in [1.165, 1.54) is 0 Å². The zero-order chi connectivity index (χ0) is 15.6. The van der Waals surface area contributed by atoms with Gasteiger partial charge in [-0.1, -0.05) is 36.2 Å². The molecule has 112 valence electrons. The molecule has 2 aromatic carbocycles. The Bertz CT molecular complexity index is 664. The molecule has 0 saturated heterocycles. The summed E-state index contributed by atoms with van der Waals surface area (Å²) < 4.78 is 27.7. The van der Waals surface area contributed by atoms with Crippen LogP contribution in [0.4, 0.5) is 8.78 Å². The van der Waals surface area contributed by atoms with E-state index in [1.54, 1.807) is 6.07 Å². The SMILES string of the molecule is CCNC(c1ccc(I)c(Cl)c1)c1cc(F)c(F)cc1Cl. The van der Waals surface area contributed by atoms with Crippen LogP contribution in [0, 0.1) is 15.2 Å². The number of rotatable bonds is 4. The molecular weight excluding hydrogens is 430 g/mol. The van der Waals surface area contributed by atoms with Crippen LogP contribution in [0.2, 0.25) is 10.0 Å². The van der Waals surface area contributed by atoms with Crippen molar-refractivity contribution in [3.8, 4) is 0 Å². The van der Waals surface area contributed by atoms with Crippen LogP contribution < -0.4 is 5.32 Å². The highest BCUT2D eigenvalue weighted by Gasteiger charge is 2.19. The number of nitrogens with one attached hydrogen (secondary N) is 1. The lowest BCUT2D eigenvalue weighted by Crippen LogP contribution is -2.22. The van der Waals surface area contributed by atoms with Crippen molar-refractivity contribution in [2.24, 2.45) is 0 Å². The molecule has 2 aromatic rings. The summed E-state index contributed by atoms with van der Waals surface area (Å²) >= 11 is 14.3.